The number of hydrogen-bond donors (Lipinski definition) is 1. The van der Waals surface area contributed by atoms with Crippen LogP contribution in [0.15, 0.2) is 23.6 Å². The highest BCUT2D eigenvalue weighted by Gasteiger charge is 2.23. The van der Waals surface area contributed by atoms with E-state index in [1.165, 1.54) is 35.0 Å². The molecule has 1 aliphatic rings. The van der Waals surface area contributed by atoms with Crippen LogP contribution in [0.25, 0.3) is 11.0 Å². The third kappa shape index (κ3) is 2.01. The zero-order valence-electron chi connectivity index (χ0n) is 10.6. The highest BCUT2D eigenvalue weighted by atomic mass is 35.5. The Bertz CT molecular complexity index is 765. The van der Waals surface area contributed by atoms with Crippen molar-refractivity contribution < 1.29 is 0 Å². The van der Waals surface area contributed by atoms with E-state index in [4.69, 9.17) is 11.6 Å². The fraction of sp³-hybridized carbons (Fsp3) is 0.286. The zero-order chi connectivity index (χ0) is 13.5. The van der Waals surface area contributed by atoms with Crippen LogP contribution in [0, 0.1) is 0 Å². The number of benzene rings is 1. The van der Waals surface area contributed by atoms with E-state index in [9.17, 15) is 0 Å². The first-order valence-electron chi connectivity index (χ1n) is 6.56. The molecule has 102 valence electrons. The minimum absolute atomic E-state index is 0.329. The second-order valence-corrected chi connectivity index (χ2v) is 6.88. The van der Waals surface area contributed by atoms with Crippen molar-refractivity contribution in [3.63, 3.8) is 0 Å². The Morgan fingerprint density at radius 2 is 2.20 bits per heavy atom. The lowest BCUT2D eigenvalue weighted by atomic mass is 9.94. The first-order chi connectivity index (χ1) is 9.83. The van der Waals surface area contributed by atoms with Crippen LogP contribution in [0.4, 0.5) is 5.69 Å². The minimum Gasteiger partial charge on any atom is -0.375 e. The average Bonchev–Trinajstić information content (AvgIpc) is 3.10. The van der Waals surface area contributed by atoms with Gasteiger partial charge in [-0.25, -0.2) is 0 Å². The summed E-state index contributed by atoms with van der Waals surface area (Å²) >= 11 is 9.44. The third-order valence-electron chi connectivity index (χ3n) is 3.75. The van der Waals surface area contributed by atoms with Crippen LogP contribution in [0.1, 0.15) is 29.3 Å². The summed E-state index contributed by atoms with van der Waals surface area (Å²) in [6.07, 6.45) is 3.55. The molecule has 0 radical (unpaired) electrons. The van der Waals surface area contributed by atoms with E-state index in [2.05, 4.69) is 25.5 Å². The van der Waals surface area contributed by atoms with Crippen LogP contribution in [0.2, 0.25) is 5.02 Å². The second kappa shape index (κ2) is 4.98. The first kappa shape index (κ1) is 12.6. The molecule has 0 saturated carbocycles. The summed E-state index contributed by atoms with van der Waals surface area (Å²) in [6.45, 7) is 0. The molecule has 0 aliphatic heterocycles. The van der Waals surface area contributed by atoms with E-state index in [1.54, 1.807) is 0 Å². The summed E-state index contributed by atoms with van der Waals surface area (Å²) in [6, 6.07) is 6.37. The lowest BCUT2D eigenvalue weighted by Crippen LogP contribution is -2.16. The fourth-order valence-electron chi connectivity index (χ4n) is 2.77. The number of aryl methyl sites for hydroxylation is 1. The summed E-state index contributed by atoms with van der Waals surface area (Å²) in [5.74, 6) is 0. The van der Waals surface area contributed by atoms with Gasteiger partial charge < -0.3 is 5.32 Å². The summed E-state index contributed by atoms with van der Waals surface area (Å²) < 4.78 is 8.66. The van der Waals surface area contributed by atoms with Gasteiger partial charge in [-0.2, -0.15) is 8.75 Å². The van der Waals surface area contributed by atoms with Crippen molar-refractivity contribution in [3.05, 3.63) is 39.0 Å². The number of anilines is 1. The molecule has 1 atom stereocenters. The van der Waals surface area contributed by atoms with Crippen LogP contribution >= 0.6 is 34.7 Å². The Labute approximate surface area is 129 Å². The number of thiophene rings is 1. The highest BCUT2D eigenvalue weighted by Crippen LogP contribution is 2.39. The van der Waals surface area contributed by atoms with E-state index in [-0.39, 0.29) is 0 Å². The molecule has 6 heteroatoms. The Balaban J connectivity index is 1.76. The number of halogens is 1. The first-order valence-corrected chi connectivity index (χ1v) is 8.55. The van der Waals surface area contributed by atoms with Gasteiger partial charge in [0.15, 0.2) is 0 Å². The molecule has 2 heterocycles. The molecule has 0 fully saturated rings. The predicted molar refractivity (Wildman–Crippen MR) is 86.0 cm³/mol. The lowest BCUT2D eigenvalue weighted by Gasteiger charge is -2.25. The van der Waals surface area contributed by atoms with Gasteiger partial charge in [-0.1, -0.05) is 11.6 Å². The van der Waals surface area contributed by atoms with Gasteiger partial charge in [0.2, 0.25) is 0 Å². The molecule has 0 spiro atoms. The molecule has 0 saturated heterocycles. The van der Waals surface area contributed by atoms with E-state index in [1.807, 2.05) is 23.5 Å². The highest BCUT2D eigenvalue weighted by molar-refractivity contribution is 7.10. The molecule has 0 bridgehead atoms. The normalized spacial score (nSPS) is 18.1. The quantitative estimate of drug-likeness (QED) is 0.729. The number of hydrogen-bond acceptors (Lipinski definition) is 5. The van der Waals surface area contributed by atoms with Gasteiger partial charge in [0.1, 0.15) is 11.0 Å². The maximum absolute atomic E-state index is 6.36. The van der Waals surface area contributed by atoms with Crippen LogP contribution in [-0.4, -0.2) is 8.75 Å². The monoisotopic (exact) mass is 321 g/mol. The molecule has 2 aromatic heterocycles. The number of rotatable bonds is 2. The number of aromatic nitrogens is 2. The molecule has 3 aromatic rings. The Hall–Kier alpha value is -1.17. The van der Waals surface area contributed by atoms with Gasteiger partial charge in [-0.05, 0) is 48.4 Å². The molecule has 1 N–H and O–H groups in total. The Morgan fingerprint density at radius 1 is 1.25 bits per heavy atom. The van der Waals surface area contributed by atoms with Gasteiger partial charge in [0.25, 0.3) is 0 Å². The number of nitrogens with zero attached hydrogens (tertiary/aromatic N) is 2. The maximum atomic E-state index is 6.36. The maximum Gasteiger partial charge on any atom is 0.129 e. The van der Waals surface area contributed by atoms with Crippen molar-refractivity contribution >= 4 is 51.4 Å². The lowest BCUT2D eigenvalue weighted by molar-refractivity contribution is 0.609. The minimum atomic E-state index is 0.329. The van der Waals surface area contributed by atoms with Gasteiger partial charge in [-0.15, -0.1) is 11.3 Å². The van der Waals surface area contributed by atoms with Crippen molar-refractivity contribution in [2.75, 3.05) is 5.32 Å². The molecule has 1 aromatic carbocycles. The fourth-order valence-corrected chi connectivity index (χ4v) is 4.51. The third-order valence-corrected chi connectivity index (χ3v) is 5.60. The van der Waals surface area contributed by atoms with Crippen molar-refractivity contribution in [2.24, 2.45) is 0 Å². The number of nitrogens with one attached hydrogen (secondary N) is 1. The molecule has 0 amide bonds. The van der Waals surface area contributed by atoms with Crippen LogP contribution in [-0.2, 0) is 6.42 Å². The van der Waals surface area contributed by atoms with Gasteiger partial charge >= 0.3 is 0 Å². The van der Waals surface area contributed by atoms with Crippen LogP contribution < -0.4 is 5.32 Å². The topological polar surface area (TPSA) is 37.8 Å². The number of fused-ring (bicyclic) bond motifs is 2. The Morgan fingerprint density at radius 3 is 3.15 bits per heavy atom. The van der Waals surface area contributed by atoms with Gasteiger partial charge in [0, 0.05) is 4.88 Å². The van der Waals surface area contributed by atoms with E-state index in [0.29, 0.717) is 11.1 Å². The van der Waals surface area contributed by atoms with Crippen LogP contribution in [0.3, 0.4) is 0 Å². The SMILES string of the molecule is Clc1ccc2nsnc2c1NC1CCCc2sccc21. The van der Waals surface area contributed by atoms with Crippen molar-refractivity contribution in [1.29, 1.82) is 0 Å². The summed E-state index contributed by atoms with van der Waals surface area (Å²) in [4.78, 5) is 1.49. The molecule has 1 unspecified atom stereocenters. The second-order valence-electron chi connectivity index (χ2n) is 4.94. The zero-order valence-corrected chi connectivity index (χ0v) is 13.0. The van der Waals surface area contributed by atoms with Gasteiger partial charge in [0.05, 0.1) is 28.5 Å². The molecular formula is C14H12ClN3S2. The van der Waals surface area contributed by atoms with E-state index in [0.717, 1.165) is 23.1 Å². The van der Waals surface area contributed by atoms with E-state index >= 15 is 0 Å². The van der Waals surface area contributed by atoms with Crippen molar-refractivity contribution in [3.8, 4) is 0 Å². The Kier molecular flexibility index (Phi) is 3.13. The summed E-state index contributed by atoms with van der Waals surface area (Å²) in [5, 5.41) is 6.49. The molecule has 20 heavy (non-hydrogen) atoms. The average molecular weight is 322 g/mol. The molecule has 4 rings (SSSR count). The van der Waals surface area contributed by atoms with Gasteiger partial charge in [-0.3, -0.25) is 0 Å². The standard InChI is InChI=1S/C14H12ClN3S2/c15-9-4-5-11-14(18-20-17-11)13(9)16-10-2-1-3-12-8(10)6-7-19-12/h4-7,10,16H,1-3H2. The van der Waals surface area contributed by atoms with E-state index < -0.39 is 0 Å². The molecule has 3 nitrogen and oxygen atoms in total. The summed E-state index contributed by atoms with van der Waals surface area (Å²) in [7, 11) is 0. The predicted octanol–water partition coefficient (Wildman–Crippen LogP) is 4.90. The smallest absolute Gasteiger partial charge is 0.129 e. The van der Waals surface area contributed by atoms with Crippen molar-refractivity contribution in [2.45, 2.75) is 25.3 Å². The largest absolute Gasteiger partial charge is 0.375 e. The van der Waals surface area contributed by atoms with Crippen LogP contribution in [0.5, 0.6) is 0 Å². The summed E-state index contributed by atoms with van der Waals surface area (Å²) in [5.41, 5.74) is 4.12. The van der Waals surface area contributed by atoms with Crippen molar-refractivity contribution in [1.82, 2.24) is 8.75 Å². The molecular weight excluding hydrogens is 310 g/mol. The molecule has 1 aliphatic carbocycles.